The van der Waals surface area contributed by atoms with Crippen LogP contribution >= 0.6 is 11.9 Å². The fourth-order valence-corrected chi connectivity index (χ4v) is 0.677. The monoisotopic (exact) mass is 151 g/mol. The molecule has 9 heavy (non-hydrogen) atoms. The van der Waals surface area contributed by atoms with E-state index in [4.69, 9.17) is 4.66 Å². The lowest BCUT2D eigenvalue weighted by molar-refractivity contribution is -0.166. The molecule has 0 saturated carbocycles. The molecule has 0 spiro atoms. The molecule has 0 fully saturated rings. The largest absolute Gasteiger partial charge is 0.769 e. The van der Waals surface area contributed by atoms with Crippen LogP contribution in [0.15, 0.2) is 0 Å². The van der Waals surface area contributed by atoms with Gasteiger partial charge in [0.05, 0.1) is 0 Å². The second-order valence-electron chi connectivity index (χ2n) is 2.06. The van der Waals surface area contributed by atoms with Crippen LogP contribution in [0, 0.1) is 0 Å². The lowest BCUT2D eigenvalue weighted by Gasteiger charge is -1.90. The van der Waals surface area contributed by atoms with Crippen LogP contribution in [0.3, 0.4) is 0 Å². The van der Waals surface area contributed by atoms with E-state index in [2.05, 4.69) is 25.7 Å². The van der Waals surface area contributed by atoms with Gasteiger partial charge in [0.25, 0.3) is 0 Å². The summed E-state index contributed by atoms with van der Waals surface area (Å²) in [7, 11) is 0. The molecule has 0 atom stereocenters. The number of hydrogen-bond acceptors (Lipinski definition) is 1. The number of halogens is 1. The second kappa shape index (κ2) is 15.7. The van der Waals surface area contributed by atoms with Gasteiger partial charge in [-0.25, -0.2) is 11.9 Å². The van der Waals surface area contributed by atoms with Crippen LogP contribution in [0.1, 0.15) is 46.0 Å². The maximum Gasteiger partial charge on any atom is -0.0533 e. The minimum Gasteiger partial charge on any atom is -0.769 e. The molecular weight excluding hydrogens is 136 g/mol. The Balaban J connectivity index is 0. The fourth-order valence-electron chi connectivity index (χ4n) is 0.677. The van der Waals surface area contributed by atoms with Crippen molar-refractivity contribution in [2.75, 3.05) is 0 Å². The first-order valence-electron chi connectivity index (χ1n) is 3.57. The molecule has 0 aromatic heterocycles. The Morgan fingerprint density at radius 2 is 1.22 bits per heavy atom. The standard InChI is InChI=1S/C7H16.ClO/c1-3-5-7-6-4-2;1-2/h3-7H2,1-2H3;/q;-1. The third-order valence-corrected chi connectivity index (χ3v) is 1.21. The summed E-state index contributed by atoms with van der Waals surface area (Å²) in [5.41, 5.74) is 0. The zero-order valence-corrected chi connectivity index (χ0v) is 7.08. The van der Waals surface area contributed by atoms with Crippen LogP contribution in [0.2, 0.25) is 0 Å². The zero-order chi connectivity index (χ0) is 7.54. The van der Waals surface area contributed by atoms with E-state index in [1.54, 1.807) is 0 Å². The molecule has 0 radical (unpaired) electrons. The first-order chi connectivity index (χ1) is 4.41. The van der Waals surface area contributed by atoms with E-state index >= 15 is 0 Å². The van der Waals surface area contributed by atoms with Crippen LogP contribution in [0.5, 0.6) is 0 Å². The van der Waals surface area contributed by atoms with Crippen molar-refractivity contribution in [3.05, 3.63) is 0 Å². The van der Waals surface area contributed by atoms with Gasteiger partial charge in [-0.3, -0.25) is 0 Å². The summed E-state index contributed by atoms with van der Waals surface area (Å²) in [6.07, 6.45) is 7.01. The summed E-state index contributed by atoms with van der Waals surface area (Å²) in [6, 6.07) is 0. The van der Waals surface area contributed by atoms with Crippen molar-refractivity contribution in [2.24, 2.45) is 0 Å². The van der Waals surface area contributed by atoms with Gasteiger partial charge in [-0.1, -0.05) is 46.0 Å². The molecule has 1 nitrogen and oxygen atoms in total. The minimum absolute atomic E-state index is 1.36. The highest BCUT2D eigenvalue weighted by Crippen LogP contribution is 2.00. The second-order valence-corrected chi connectivity index (χ2v) is 2.06. The van der Waals surface area contributed by atoms with E-state index in [0.29, 0.717) is 0 Å². The molecule has 0 amide bonds. The van der Waals surface area contributed by atoms with E-state index < -0.39 is 0 Å². The predicted octanol–water partition coefficient (Wildman–Crippen LogP) is 2.48. The van der Waals surface area contributed by atoms with Gasteiger partial charge in [-0.05, 0) is 0 Å². The number of unbranched alkanes of at least 4 members (excludes halogenated alkanes) is 4. The Morgan fingerprint density at radius 3 is 1.44 bits per heavy atom. The Morgan fingerprint density at radius 1 is 0.889 bits per heavy atom. The van der Waals surface area contributed by atoms with Gasteiger partial charge in [0, 0.05) is 0 Å². The van der Waals surface area contributed by atoms with Gasteiger partial charge in [-0.15, -0.1) is 0 Å². The van der Waals surface area contributed by atoms with Gasteiger partial charge >= 0.3 is 0 Å². The third kappa shape index (κ3) is 17.8. The zero-order valence-electron chi connectivity index (χ0n) is 6.32. The molecule has 0 aromatic carbocycles. The number of rotatable bonds is 4. The molecule has 0 saturated heterocycles. The molecule has 0 N–H and O–H groups in total. The van der Waals surface area contributed by atoms with Crippen LogP contribution in [-0.2, 0) is 0 Å². The average molecular weight is 152 g/mol. The lowest BCUT2D eigenvalue weighted by Crippen LogP contribution is -1.70. The van der Waals surface area contributed by atoms with Gasteiger partial charge in [0.15, 0.2) is 0 Å². The molecule has 0 rings (SSSR count). The van der Waals surface area contributed by atoms with Crippen molar-refractivity contribution in [3.63, 3.8) is 0 Å². The maximum atomic E-state index is 7.72. The van der Waals surface area contributed by atoms with E-state index in [9.17, 15) is 0 Å². The van der Waals surface area contributed by atoms with Crippen molar-refractivity contribution in [2.45, 2.75) is 46.0 Å². The molecule has 58 valence electrons. The summed E-state index contributed by atoms with van der Waals surface area (Å²) in [5, 5.41) is 0. The van der Waals surface area contributed by atoms with Crippen LogP contribution in [0.25, 0.3) is 0 Å². The van der Waals surface area contributed by atoms with Crippen LogP contribution in [0.4, 0.5) is 0 Å². The van der Waals surface area contributed by atoms with Gasteiger partial charge in [0.2, 0.25) is 0 Å². The van der Waals surface area contributed by atoms with E-state index in [0.717, 1.165) is 0 Å². The molecule has 0 aliphatic carbocycles. The molecule has 0 bridgehead atoms. The Bertz CT molecular complexity index is 28.1. The SMILES string of the molecule is CCCCCCC.[O-]Cl. The first-order valence-corrected chi connectivity index (χ1v) is 3.88. The summed E-state index contributed by atoms with van der Waals surface area (Å²) in [5.74, 6) is 0. The smallest absolute Gasteiger partial charge is 0.0533 e. The first kappa shape index (κ1) is 12.0. The highest BCUT2D eigenvalue weighted by molar-refractivity contribution is 6.02. The van der Waals surface area contributed by atoms with Crippen molar-refractivity contribution in [3.8, 4) is 0 Å². The molecule has 0 aliphatic heterocycles. The summed E-state index contributed by atoms with van der Waals surface area (Å²) in [6.45, 7) is 4.49. The fraction of sp³-hybridized carbons (Fsp3) is 1.00. The van der Waals surface area contributed by atoms with Crippen molar-refractivity contribution < 1.29 is 4.66 Å². The molecule has 0 unspecified atom stereocenters. The Kier molecular flexibility index (Phi) is 20.9. The quantitative estimate of drug-likeness (QED) is 0.567. The highest BCUT2D eigenvalue weighted by atomic mass is 35.5. The van der Waals surface area contributed by atoms with Gasteiger partial charge < -0.3 is 4.66 Å². The maximum absolute atomic E-state index is 7.72. The van der Waals surface area contributed by atoms with Crippen molar-refractivity contribution in [1.29, 1.82) is 0 Å². The number of hydrogen-bond donors (Lipinski definition) is 0. The van der Waals surface area contributed by atoms with Crippen LogP contribution < -0.4 is 4.66 Å². The molecule has 0 aliphatic rings. The Hall–Kier alpha value is 0.250. The van der Waals surface area contributed by atoms with Crippen molar-refractivity contribution in [1.82, 2.24) is 0 Å². The lowest BCUT2D eigenvalue weighted by atomic mass is 10.2. The van der Waals surface area contributed by atoms with Gasteiger partial charge in [0.1, 0.15) is 0 Å². The molecular formula is C7H16ClO-. The van der Waals surface area contributed by atoms with E-state index in [1.807, 2.05) is 0 Å². The third-order valence-electron chi connectivity index (χ3n) is 1.21. The highest BCUT2D eigenvalue weighted by Gasteiger charge is 1.80. The summed E-state index contributed by atoms with van der Waals surface area (Å²) < 4.78 is 7.72. The van der Waals surface area contributed by atoms with Crippen LogP contribution in [-0.4, -0.2) is 0 Å². The van der Waals surface area contributed by atoms with Gasteiger partial charge in [-0.2, -0.15) is 0 Å². The average Bonchev–Trinajstić information content (AvgIpc) is 1.94. The topological polar surface area (TPSA) is 23.1 Å². The minimum atomic E-state index is 1.36. The summed E-state index contributed by atoms with van der Waals surface area (Å²) >= 11 is 3.39. The normalized spacial score (nSPS) is 8.00. The molecule has 2 heteroatoms. The van der Waals surface area contributed by atoms with Crippen molar-refractivity contribution >= 4 is 11.9 Å². The Labute approximate surface area is 63.2 Å². The van der Waals surface area contributed by atoms with E-state index in [-0.39, 0.29) is 0 Å². The van der Waals surface area contributed by atoms with E-state index in [1.165, 1.54) is 32.1 Å². The molecule has 0 heterocycles. The summed E-state index contributed by atoms with van der Waals surface area (Å²) in [4.78, 5) is 0. The molecule has 0 aromatic rings. The predicted molar refractivity (Wildman–Crippen MR) is 40.3 cm³/mol.